The number of carbonyl (C=O) groups is 4. The smallest absolute Gasteiger partial charge is 0.234 e. The lowest BCUT2D eigenvalue weighted by molar-refractivity contribution is -0.142. The van der Waals surface area contributed by atoms with Gasteiger partial charge in [-0.3, -0.25) is 29.0 Å². The number of benzene rings is 3. The Morgan fingerprint density at radius 3 is 1.91 bits per heavy atom. The second-order valence-electron chi connectivity index (χ2n) is 11.9. The number of fused-ring (bicyclic) bond motifs is 4. The maximum Gasteiger partial charge on any atom is 0.234 e. The molecule has 2 aliphatic carbocycles. The van der Waals surface area contributed by atoms with Gasteiger partial charge in [-0.2, -0.15) is 0 Å². The fraction of sp³-hybridized carbons (Fsp3) is 0.314. The van der Waals surface area contributed by atoms with Gasteiger partial charge in [0, 0.05) is 17.5 Å². The van der Waals surface area contributed by atoms with Crippen molar-refractivity contribution >= 4 is 23.6 Å². The number of allylic oxidation sites excluding steroid dienone is 2. The highest BCUT2D eigenvalue weighted by molar-refractivity contribution is 6.08. The van der Waals surface area contributed by atoms with Crippen molar-refractivity contribution in [3.63, 3.8) is 0 Å². The molecule has 218 valence electrons. The molecule has 2 heterocycles. The Kier molecular flexibility index (Phi) is 6.64. The van der Waals surface area contributed by atoms with Gasteiger partial charge in [-0.05, 0) is 36.0 Å². The number of nitrogens with zero attached hydrogens (tertiary/aromatic N) is 2. The number of carbonyl (C=O) groups excluding carboxylic acids is 4. The summed E-state index contributed by atoms with van der Waals surface area (Å²) in [6, 6.07) is 23.7. The van der Waals surface area contributed by atoms with Crippen LogP contribution in [0.5, 0.6) is 11.5 Å². The first-order chi connectivity index (χ1) is 20.9. The molecule has 3 fully saturated rings. The highest BCUT2D eigenvalue weighted by Crippen LogP contribution is 2.59. The van der Waals surface area contributed by atoms with Gasteiger partial charge in [0.1, 0.15) is 11.5 Å². The van der Waals surface area contributed by atoms with Crippen LogP contribution in [0.3, 0.4) is 0 Å². The van der Waals surface area contributed by atoms with Crippen molar-refractivity contribution in [3.8, 4) is 11.5 Å². The molecule has 3 aromatic rings. The second kappa shape index (κ2) is 10.5. The molecular formula is C35H32N2O6. The van der Waals surface area contributed by atoms with Crippen LogP contribution in [0, 0.1) is 29.6 Å². The highest BCUT2D eigenvalue weighted by atomic mass is 16.5. The van der Waals surface area contributed by atoms with Crippen molar-refractivity contribution in [2.75, 3.05) is 7.11 Å². The number of ether oxygens (including phenoxy) is 1. The van der Waals surface area contributed by atoms with E-state index in [4.69, 9.17) is 4.74 Å². The van der Waals surface area contributed by atoms with Crippen molar-refractivity contribution < 1.29 is 29.0 Å². The molecule has 4 amide bonds. The van der Waals surface area contributed by atoms with Gasteiger partial charge in [0.05, 0.1) is 43.9 Å². The van der Waals surface area contributed by atoms with E-state index in [9.17, 15) is 24.3 Å². The molecule has 2 saturated heterocycles. The van der Waals surface area contributed by atoms with Crippen LogP contribution < -0.4 is 4.74 Å². The lowest BCUT2D eigenvalue weighted by Crippen LogP contribution is -2.43. The minimum Gasteiger partial charge on any atom is -0.508 e. The van der Waals surface area contributed by atoms with E-state index in [0.29, 0.717) is 24.2 Å². The zero-order chi connectivity index (χ0) is 29.8. The maximum atomic E-state index is 14.1. The molecule has 6 atom stereocenters. The van der Waals surface area contributed by atoms with Crippen LogP contribution in [0.25, 0.3) is 0 Å². The Hall–Kier alpha value is -4.72. The zero-order valence-electron chi connectivity index (χ0n) is 23.8. The van der Waals surface area contributed by atoms with E-state index in [1.807, 2.05) is 66.7 Å². The summed E-state index contributed by atoms with van der Waals surface area (Å²) in [6.45, 7) is 0.375. The number of likely N-dealkylation sites (tertiary alicyclic amines) is 2. The number of amides is 4. The van der Waals surface area contributed by atoms with Gasteiger partial charge in [-0.1, -0.05) is 78.4 Å². The number of hydrogen-bond acceptors (Lipinski definition) is 6. The van der Waals surface area contributed by atoms with E-state index in [-0.39, 0.29) is 48.4 Å². The molecule has 4 aliphatic rings. The quantitative estimate of drug-likeness (QED) is 0.344. The third-order valence-electron chi connectivity index (χ3n) is 9.75. The predicted octanol–water partition coefficient (Wildman–Crippen LogP) is 4.44. The minimum absolute atomic E-state index is 0.0230. The van der Waals surface area contributed by atoms with E-state index < -0.39 is 29.6 Å². The molecular weight excluding hydrogens is 544 g/mol. The first kappa shape index (κ1) is 27.1. The Labute approximate surface area is 249 Å². The number of methoxy groups -OCH3 is 1. The standard InChI is InChI=1S/C35H32N2O6/c1-43-28-16-22(38)12-13-24(28)29-23-14-15-25-30(34(41)36(32(25)39)18-20-8-4-2-5-9-20)26(23)17-27-31(29)35(42)37(33(27)40)19-21-10-6-3-7-11-21/h2-14,16,25-27,29-31,38H,15,17-19H2,1H3. The third-order valence-corrected chi connectivity index (χ3v) is 9.75. The summed E-state index contributed by atoms with van der Waals surface area (Å²) in [7, 11) is 1.51. The van der Waals surface area contributed by atoms with Gasteiger partial charge in [0.2, 0.25) is 23.6 Å². The summed E-state index contributed by atoms with van der Waals surface area (Å²) in [6.07, 6.45) is 2.73. The second-order valence-corrected chi connectivity index (χ2v) is 11.9. The topological polar surface area (TPSA) is 104 Å². The van der Waals surface area contributed by atoms with Crippen molar-refractivity contribution in [2.45, 2.75) is 31.8 Å². The fourth-order valence-electron chi connectivity index (χ4n) is 7.87. The molecule has 6 unspecified atom stereocenters. The fourth-order valence-corrected chi connectivity index (χ4v) is 7.87. The molecule has 8 heteroatoms. The molecule has 7 rings (SSSR count). The summed E-state index contributed by atoms with van der Waals surface area (Å²) in [5.74, 6) is -3.82. The number of phenolic OH excluding ortho intramolecular Hbond substituents is 1. The van der Waals surface area contributed by atoms with Gasteiger partial charge in [0.15, 0.2) is 0 Å². The molecule has 1 saturated carbocycles. The van der Waals surface area contributed by atoms with Crippen LogP contribution in [0.2, 0.25) is 0 Å². The van der Waals surface area contributed by atoms with Crippen LogP contribution in [-0.4, -0.2) is 45.6 Å². The van der Waals surface area contributed by atoms with Gasteiger partial charge in [-0.15, -0.1) is 0 Å². The molecule has 0 bridgehead atoms. The average Bonchev–Trinajstić information content (AvgIpc) is 3.41. The summed E-state index contributed by atoms with van der Waals surface area (Å²) in [5.41, 5.74) is 3.31. The normalized spacial score (nSPS) is 28.0. The molecule has 8 nitrogen and oxygen atoms in total. The van der Waals surface area contributed by atoms with Gasteiger partial charge in [-0.25, -0.2) is 0 Å². The summed E-state index contributed by atoms with van der Waals surface area (Å²) >= 11 is 0. The summed E-state index contributed by atoms with van der Waals surface area (Å²) < 4.78 is 5.67. The van der Waals surface area contributed by atoms with Gasteiger partial charge in [0.25, 0.3) is 0 Å². The Morgan fingerprint density at radius 1 is 0.721 bits per heavy atom. The largest absolute Gasteiger partial charge is 0.508 e. The van der Waals surface area contributed by atoms with Crippen LogP contribution in [0.1, 0.15) is 35.4 Å². The predicted molar refractivity (Wildman–Crippen MR) is 156 cm³/mol. The zero-order valence-corrected chi connectivity index (χ0v) is 23.8. The van der Waals surface area contributed by atoms with E-state index >= 15 is 0 Å². The van der Waals surface area contributed by atoms with E-state index in [2.05, 4.69) is 0 Å². The number of imide groups is 2. The lowest BCUT2D eigenvalue weighted by Gasteiger charge is -2.44. The average molecular weight is 577 g/mol. The number of aromatic hydroxyl groups is 1. The SMILES string of the molecule is COc1cc(O)ccc1C1C2=CCC3C(=O)N(Cc4ccccc4)C(=O)C3C2CC2C(=O)N(Cc3ccccc3)C(=O)C21. The third kappa shape index (κ3) is 4.35. The van der Waals surface area contributed by atoms with Crippen molar-refractivity contribution in [2.24, 2.45) is 29.6 Å². The van der Waals surface area contributed by atoms with E-state index in [1.165, 1.54) is 23.0 Å². The number of phenols is 1. The van der Waals surface area contributed by atoms with Gasteiger partial charge < -0.3 is 9.84 Å². The first-order valence-corrected chi connectivity index (χ1v) is 14.7. The monoisotopic (exact) mass is 576 g/mol. The van der Waals surface area contributed by atoms with Crippen molar-refractivity contribution in [1.82, 2.24) is 9.80 Å². The van der Waals surface area contributed by atoms with E-state index in [1.54, 1.807) is 12.1 Å². The van der Waals surface area contributed by atoms with E-state index in [0.717, 1.165) is 16.7 Å². The van der Waals surface area contributed by atoms with Crippen LogP contribution in [0.15, 0.2) is 90.5 Å². The Bertz CT molecular complexity index is 1650. The number of hydrogen-bond donors (Lipinski definition) is 1. The first-order valence-electron chi connectivity index (χ1n) is 14.7. The number of rotatable bonds is 6. The molecule has 3 aromatic carbocycles. The van der Waals surface area contributed by atoms with Crippen molar-refractivity contribution in [1.29, 1.82) is 0 Å². The molecule has 0 aromatic heterocycles. The van der Waals surface area contributed by atoms with Crippen LogP contribution in [0.4, 0.5) is 0 Å². The van der Waals surface area contributed by atoms with Crippen molar-refractivity contribution in [3.05, 3.63) is 107 Å². The molecule has 0 spiro atoms. The molecule has 1 N–H and O–H groups in total. The highest BCUT2D eigenvalue weighted by Gasteiger charge is 2.62. The minimum atomic E-state index is -0.679. The summed E-state index contributed by atoms with van der Waals surface area (Å²) in [5, 5.41) is 10.2. The lowest BCUT2D eigenvalue weighted by atomic mass is 9.57. The Balaban J connectivity index is 1.30. The van der Waals surface area contributed by atoms with Gasteiger partial charge >= 0.3 is 0 Å². The maximum absolute atomic E-state index is 14.1. The molecule has 2 aliphatic heterocycles. The van der Waals surface area contributed by atoms with Crippen LogP contribution in [-0.2, 0) is 32.3 Å². The van der Waals surface area contributed by atoms with Crippen LogP contribution >= 0.6 is 0 Å². The molecule has 43 heavy (non-hydrogen) atoms. The molecule has 0 radical (unpaired) electrons. The Morgan fingerprint density at radius 2 is 1.30 bits per heavy atom. The summed E-state index contributed by atoms with van der Waals surface area (Å²) in [4.78, 5) is 58.5.